The van der Waals surface area contributed by atoms with Gasteiger partial charge in [-0.15, -0.1) is 0 Å². The Balaban J connectivity index is 1.96. The molecule has 2 aromatic rings. The van der Waals surface area contributed by atoms with Gasteiger partial charge in [0.1, 0.15) is 5.76 Å². The molecule has 2 aromatic heterocycles. The lowest BCUT2D eigenvalue weighted by Crippen LogP contribution is -2.26. The van der Waals surface area contributed by atoms with E-state index in [4.69, 9.17) is 10.2 Å². The van der Waals surface area contributed by atoms with E-state index in [2.05, 4.69) is 9.82 Å². The number of sulfonamides is 1. The molecule has 0 aliphatic heterocycles. The van der Waals surface area contributed by atoms with Crippen LogP contribution in [-0.2, 0) is 30.0 Å². The Morgan fingerprint density at radius 1 is 1.42 bits per heavy atom. The molecule has 0 amide bonds. The summed E-state index contributed by atoms with van der Waals surface area (Å²) >= 11 is 0. The number of rotatable bonds is 6. The van der Waals surface area contributed by atoms with Gasteiger partial charge in [0.05, 0.1) is 6.54 Å². The quantitative estimate of drug-likeness (QED) is 0.776. The van der Waals surface area contributed by atoms with Crippen molar-refractivity contribution in [2.75, 3.05) is 6.54 Å². The molecule has 2 rings (SSSR count). The summed E-state index contributed by atoms with van der Waals surface area (Å²) in [6.45, 7) is 0.449. The second-order valence-electron chi connectivity index (χ2n) is 4.02. The van der Waals surface area contributed by atoms with Crippen molar-refractivity contribution in [1.29, 1.82) is 0 Å². The van der Waals surface area contributed by atoms with E-state index in [-0.39, 0.29) is 18.2 Å². The number of aromatic nitrogens is 2. The van der Waals surface area contributed by atoms with Crippen LogP contribution in [0.4, 0.5) is 0 Å². The second-order valence-corrected chi connectivity index (χ2v) is 5.72. The number of aryl methyl sites for hydroxylation is 1. The van der Waals surface area contributed by atoms with Crippen LogP contribution >= 0.6 is 0 Å². The molecule has 0 saturated heterocycles. The van der Waals surface area contributed by atoms with E-state index in [1.54, 1.807) is 16.9 Å². The van der Waals surface area contributed by atoms with Crippen molar-refractivity contribution in [3.05, 3.63) is 35.9 Å². The van der Waals surface area contributed by atoms with E-state index >= 15 is 0 Å². The molecule has 0 aliphatic carbocycles. The van der Waals surface area contributed by atoms with Crippen molar-refractivity contribution in [3.8, 4) is 0 Å². The molecular formula is C11H16N4O3S. The van der Waals surface area contributed by atoms with E-state index in [0.29, 0.717) is 12.2 Å². The normalized spacial score (nSPS) is 11.9. The fourth-order valence-electron chi connectivity index (χ4n) is 1.64. The molecule has 0 aliphatic rings. The third-order valence-corrected chi connectivity index (χ3v) is 4.03. The van der Waals surface area contributed by atoms with Gasteiger partial charge in [0, 0.05) is 31.9 Å². The summed E-state index contributed by atoms with van der Waals surface area (Å²) in [4.78, 5) is 0. The maximum atomic E-state index is 11.9. The Labute approximate surface area is 111 Å². The Kier molecular flexibility index (Phi) is 4.03. The summed E-state index contributed by atoms with van der Waals surface area (Å²) in [5.74, 6) is 0.437. The highest BCUT2D eigenvalue weighted by Gasteiger charge is 2.18. The fraction of sp³-hybridized carbons (Fsp3) is 0.364. The van der Waals surface area contributed by atoms with Crippen molar-refractivity contribution >= 4 is 10.0 Å². The minimum absolute atomic E-state index is 0.113. The third-order valence-electron chi connectivity index (χ3n) is 2.70. The molecule has 3 N–H and O–H groups in total. The minimum atomic E-state index is -3.62. The molecule has 0 aromatic carbocycles. The average Bonchev–Trinajstić information content (AvgIpc) is 2.99. The average molecular weight is 284 g/mol. The summed E-state index contributed by atoms with van der Waals surface area (Å²) in [6.07, 6.45) is 2.23. The molecule has 7 nitrogen and oxygen atoms in total. The Morgan fingerprint density at radius 2 is 2.21 bits per heavy atom. The molecule has 0 bridgehead atoms. The zero-order valence-corrected chi connectivity index (χ0v) is 11.4. The van der Waals surface area contributed by atoms with Gasteiger partial charge in [-0.25, -0.2) is 13.1 Å². The van der Waals surface area contributed by atoms with Crippen LogP contribution < -0.4 is 10.5 Å². The van der Waals surface area contributed by atoms with Crippen LogP contribution in [0.5, 0.6) is 0 Å². The molecule has 0 unspecified atom stereocenters. The Morgan fingerprint density at radius 3 is 2.79 bits per heavy atom. The maximum absolute atomic E-state index is 11.9. The largest absolute Gasteiger partial charge is 0.447 e. The molecule has 0 radical (unpaired) electrons. The van der Waals surface area contributed by atoms with Crippen molar-refractivity contribution in [1.82, 2.24) is 14.5 Å². The first-order valence-corrected chi connectivity index (χ1v) is 7.26. The highest BCUT2D eigenvalue weighted by atomic mass is 32.2. The first-order chi connectivity index (χ1) is 9.03. The molecule has 0 fully saturated rings. The van der Waals surface area contributed by atoms with Gasteiger partial charge < -0.3 is 10.2 Å². The lowest BCUT2D eigenvalue weighted by molar-refractivity contribution is 0.413. The van der Waals surface area contributed by atoms with Crippen molar-refractivity contribution in [2.24, 2.45) is 12.8 Å². The summed E-state index contributed by atoms with van der Waals surface area (Å²) in [5.41, 5.74) is 6.32. The topological polar surface area (TPSA) is 103 Å². The van der Waals surface area contributed by atoms with Crippen molar-refractivity contribution < 1.29 is 12.8 Å². The zero-order chi connectivity index (χ0) is 13.9. The number of nitrogens with one attached hydrogen (secondary N) is 1. The van der Waals surface area contributed by atoms with Gasteiger partial charge in [0.25, 0.3) is 10.0 Å². The first-order valence-electron chi connectivity index (χ1n) is 5.78. The highest BCUT2D eigenvalue weighted by molar-refractivity contribution is 7.89. The number of hydrogen-bond acceptors (Lipinski definition) is 5. The molecular weight excluding hydrogens is 268 g/mol. The van der Waals surface area contributed by atoms with E-state index < -0.39 is 10.0 Å². The van der Waals surface area contributed by atoms with Crippen LogP contribution in [0.15, 0.2) is 33.9 Å². The van der Waals surface area contributed by atoms with Gasteiger partial charge in [-0.05, 0) is 18.2 Å². The lowest BCUT2D eigenvalue weighted by atomic mass is 10.3. The third kappa shape index (κ3) is 3.22. The molecule has 104 valence electrons. The van der Waals surface area contributed by atoms with Crippen LogP contribution in [0.2, 0.25) is 0 Å². The van der Waals surface area contributed by atoms with Crippen molar-refractivity contribution in [2.45, 2.75) is 18.1 Å². The van der Waals surface area contributed by atoms with Crippen molar-refractivity contribution in [3.63, 3.8) is 0 Å². The number of hydrogen-bond donors (Lipinski definition) is 2. The minimum Gasteiger partial charge on any atom is -0.447 e. The van der Waals surface area contributed by atoms with Crippen LogP contribution in [-0.4, -0.2) is 24.7 Å². The van der Waals surface area contributed by atoms with Gasteiger partial charge in [0.15, 0.2) is 0 Å². The fourth-order valence-corrected chi connectivity index (χ4v) is 2.62. The monoisotopic (exact) mass is 284 g/mol. The van der Waals surface area contributed by atoms with Crippen LogP contribution in [0, 0.1) is 0 Å². The van der Waals surface area contributed by atoms with E-state index in [1.807, 2.05) is 13.1 Å². The van der Waals surface area contributed by atoms with E-state index in [1.165, 1.54) is 6.07 Å². The predicted octanol–water partition coefficient (Wildman–Crippen LogP) is -0.00720. The summed E-state index contributed by atoms with van der Waals surface area (Å²) in [5, 5.41) is 3.90. The van der Waals surface area contributed by atoms with Crippen LogP contribution in [0.25, 0.3) is 0 Å². The summed E-state index contributed by atoms with van der Waals surface area (Å²) in [7, 11) is -1.81. The Bertz CT molecular complexity index is 644. The number of furan rings is 1. The standard InChI is InChI=1S/C11H16N4O3S/c1-15-9(4-6-13-15)5-7-14-19(16,17)11-3-2-10(8-12)18-11/h2-4,6,14H,5,7-8,12H2,1H3. The van der Waals surface area contributed by atoms with E-state index in [0.717, 1.165) is 5.69 Å². The maximum Gasteiger partial charge on any atom is 0.273 e. The molecule has 0 atom stereocenters. The van der Waals surface area contributed by atoms with Gasteiger partial charge >= 0.3 is 0 Å². The molecule has 19 heavy (non-hydrogen) atoms. The first kappa shape index (κ1) is 13.8. The molecule has 8 heteroatoms. The summed E-state index contributed by atoms with van der Waals surface area (Å²) in [6, 6.07) is 4.79. The highest BCUT2D eigenvalue weighted by Crippen LogP contribution is 2.13. The van der Waals surface area contributed by atoms with Gasteiger partial charge in [-0.3, -0.25) is 4.68 Å². The van der Waals surface area contributed by atoms with Crippen LogP contribution in [0.1, 0.15) is 11.5 Å². The molecule has 0 saturated carbocycles. The molecule has 2 heterocycles. The van der Waals surface area contributed by atoms with Gasteiger partial charge in [0.2, 0.25) is 5.09 Å². The lowest BCUT2D eigenvalue weighted by Gasteiger charge is -2.04. The van der Waals surface area contributed by atoms with Crippen LogP contribution in [0.3, 0.4) is 0 Å². The van der Waals surface area contributed by atoms with Gasteiger partial charge in [-0.2, -0.15) is 5.10 Å². The summed E-state index contributed by atoms with van der Waals surface area (Å²) < 4.78 is 33.1. The second kappa shape index (κ2) is 5.55. The zero-order valence-electron chi connectivity index (χ0n) is 10.5. The smallest absolute Gasteiger partial charge is 0.273 e. The van der Waals surface area contributed by atoms with Gasteiger partial charge in [-0.1, -0.05) is 0 Å². The number of nitrogens with zero attached hydrogens (tertiary/aromatic N) is 2. The number of nitrogens with two attached hydrogens (primary N) is 1. The van der Waals surface area contributed by atoms with E-state index in [9.17, 15) is 8.42 Å². The molecule has 0 spiro atoms. The SMILES string of the molecule is Cn1nccc1CCNS(=O)(=O)c1ccc(CN)o1. The Hall–Kier alpha value is -1.64. The predicted molar refractivity (Wildman–Crippen MR) is 68.7 cm³/mol.